The van der Waals surface area contributed by atoms with E-state index in [2.05, 4.69) is 0 Å². The quantitative estimate of drug-likeness (QED) is 0.271. The zero-order valence-corrected chi connectivity index (χ0v) is 9.48. The predicted molar refractivity (Wildman–Crippen MR) is 65.4 cm³/mol. The lowest BCUT2D eigenvalue weighted by atomic mass is 10.4. The first-order valence-corrected chi connectivity index (χ1v) is 5.76. The summed E-state index contributed by atoms with van der Waals surface area (Å²) in [7, 11) is 0. The summed E-state index contributed by atoms with van der Waals surface area (Å²) in [5, 5.41) is 8.21. The summed E-state index contributed by atoms with van der Waals surface area (Å²) in [5.41, 5.74) is 1.52. The molecule has 0 saturated carbocycles. The fraction of sp³-hybridized carbons (Fsp3) is 0.0833. The number of hydroxylamine groups is 1. The van der Waals surface area contributed by atoms with Gasteiger partial charge in [-0.15, -0.1) is 11.8 Å². The molecule has 0 heterocycles. The van der Waals surface area contributed by atoms with Crippen LogP contribution >= 0.6 is 11.8 Å². The van der Waals surface area contributed by atoms with Gasteiger partial charge in [0.2, 0.25) is 0 Å². The normalized spacial score (nSPS) is 11.1. The number of carbonyl (C=O) groups excluding carboxylic acids is 1. The summed E-state index contributed by atoms with van der Waals surface area (Å²) in [6.07, 6.45) is 6.55. The molecule has 0 fully saturated rings. The van der Waals surface area contributed by atoms with E-state index in [4.69, 9.17) is 5.21 Å². The van der Waals surface area contributed by atoms with Crippen LogP contribution in [0.4, 0.5) is 0 Å². The van der Waals surface area contributed by atoms with Crippen LogP contribution in [-0.2, 0) is 4.79 Å². The molecule has 2 N–H and O–H groups in total. The fourth-order valence-corrected chi connectivity index (χ4v) is 1.72. The zero-order valence-electron chi connectivity index (χ0n) is 8.67. The highest BCUT2D eigenvalue weighted by molar-refractivity contribution is 7.99. The molecule has 0 aliphatic rings. The van der Waals surface area contributed by atoms with Gasteiger partial charge in [-0.1, -0.05) is 36.4 Å². The van der Waals surface area contributed by atoms with Crippen LogP contribution < -0.4 is 5.48 Å². The summed E-state index contributed by atoms with van der Waals surface area (Å²) >= 11 is 1.71. The Labute approximate surface area is 98.8 Å². The van der Waals surface area contributed by atoms with Crippen molar-refractivity contribution in [1.82, 2.24) is 5.48 Å². The maximum Gasteiger partial charge on any atom is 0.267 e. The molecular weight excluding hydrogens is 222 g/mol. The number of hydrogen-bond acceptors (Lipinski definition) is 3. The molecule has 1 amide bonds. The minimum Gasteiger partial charge on any atom is -0.288 e. The van der Waals surface area contributed by atoms with Crippen LogP contribution in [0.25, 0.3) is 0 Å². The Balaban J connectivity index is 2.23. The van der Waals surface area contributed by atoms with Gasteiger partial charge in [-0.25, -0.2) is 5.48 Å². The number of hydrogen-bond donors (Lipinski definition) is 2. The van der Waals surface area contributed by atoms with E-state index in [1.54, 1.807) is 23.9 Å². The summed E-state index contributed by atoms with van der Waals surface area (Å²) in [6.45, 7) is 0. The molecule has 3 nitrogen and oxygen atoms in total. The van der Waals surface area contributed by atoms with E-state index in [9.17, 15) is 4.79 Å². The van der Waals surface area contributed by atoms with E-state index in [1.165, 1.54) is 16.5 Å². The van der Waals surface area contributed by atoms with Gasteiger partial charge in [-0.2, -0.15) is 0 Å². The van der Waals surface area contributed by atoms with Gasteiger partial charge in [0.15, 0.2) is 0 Å². The number of amides is 1. The number of benzene rings is 1. The third-order valence-electron chi connectivity index (χ3n) is 1.69. The average molecular weight is 235 g/mol. The molecule has 4 heteroatoms. The molecule has 1 aromatic rings. The Kier molecular flexibility index (Phi) is 6.06. The smallest absolute Gasteiger partial charge is 0.267 e. The Morgan fingerprint density at radius 1 is 1.31 bits per heavy atom. The Bertz CT molecular complexity index is 374. The highest BCUT2D eigenvalue weighted by atomic mass is 32.2. The number of nitrogens with one attached hydrogen (secondary N) is 1. The van der Waals surface area contributed by atoms with Gasteiger partial charge < -0.3 is 0 Å². The van der Waals surface area contributed by atoms with Crippen LogP contribution in [0, 0.1) is 0 Å². The van der Waals surface area contributed by atoms with Crippen LogP contribution in [0.15, 0.2) is 59.5 Å². The van der Waals surface area contributed by atoms with Gasteiger partial charge in [0.05, 0.1) is 0 Å². The number of allylic oxidation sites excluding steroid dienone is 2. The fourth-order valence-electron chi connectivity index (χ4n) is 0.975. The summed E-state index contributed by atoms with van der Waals surface area (Å²) in [4.78, 5) is 11.8. The van der Waals surface area contributed by atoms with E-state index in [1.807, 2.05) is 36.4 Å². The van der Waals surface area contributed by atoms with Crippen LogP contribution in [0.2, 0.25) is 0 Å². The highest BCUT2D eigenvalue weighted by Crippen LogP contribution is 2.16. The molecule has 0 aliphatic heterocycles. The topological polar surface area (TPSA) is 49.3 Å². The number of rotatable bonds is 5. The molecule has 0 bridgehead atoms. The first kappa shape index (κ1) is 12.5. The van der Waals surface area contributed by atoms with Crippen molar-refractivity contribution in [2.45, 2.75) is 4.90 Å². The van der Waals surface area contributed by atoms with Crippen LogP contribution in [0.5, 0.6) is 0 Å². The van der Waals surface area contributed by atoms with Crippen LogP contribution in [0.3, 0.4) is 0 Å². The SMILES string of the molecule is O=C(/C=C/C=C/CSc1ccccc1)NO. The van der Waals surface area contributed by atoms with Crippen molar-refractivity contribution < 1.29 is 10.0 Å². The van der Waals surface area contributed by atoms with Crippen molar-refractivity contribution in [1.29, 1.82) is 0 Å². The largest absolute Gasteiger partial charge is 0.288 e. The van der Waals surface area contributed by atoms with Crippen LogP contribution in [-0.4, -0.2) is 16.9 Å². The van der Waals surface area contributed by atoms with Gasteiger partial charge in [-0.3, -0.25) is 10.0 Å². The minimum absolute atomic E-state index is 0.527. The van der Waals surface area contributed by atoms with Gasteiger partial charge in [0.25, 0.3) is 5.91 Å². The Morgan fingerprint density at radius 3 is 2.75 bits per heavy atom. The summed E-state index contributed by atoms with van der Waals surface area (Å²) in [6, 6.07) is 10.1. The number of carbonyl (C=O) groups is 1. The molecular formula is C12H13NO2S. The summed E-state index contributed by atoms with van der Waals surface area (Å²) in [5.74, 6) is 0.315. The lowest BCUT2D eigenvalue weighted by Gasteiger charge is -1.95. The standard InChI is InChI=1S/C12H13NO2S/c14-12(13-15)9-5-2-6-10-16-11-7-3-1-4-8-11/h1-9,15H,10H2,(H,13,14)/b6-2+,9-5+. The van der Waals surface area contributed by atoms with Crippen molar-refractivity contribution >= 4 is 17.7 Å². The molecule has 16 heavy (non-hydrogen) atoms. The van der Waals surface area contributed by atoms with Crippen molar-refractivity contribution in [2.75, 3.05) is 5.75 Å². The van der Waals surface area contributed by atoms with E-state index in [0.717, 1.165) is 5.75 Å². The Morgan fingerprint density at radius 2 is 2.06 bits per heavy atom. The van der Waals surface area contributed by atoms with E-state index < -0.39 is 5.91 Å². The van der Waals surface area contributed by atoms with Crippen molar-refractivity contribution in [2.24, 2.45) is 0 Å². The maximum absolute atomic E-state index is 10.6. The molecule has 84 valence electrons. The van der Waals surface area contributed by atoms with Crippen molar-refractivity contribution in [3.63, 3.8) is 0 Å². The third kappa shape index (κ3) is 5.38. The third-order valence-corrected chi connectivity index (χ3v) is 2.66. The highest BCUT2D eigenvalue weighted by Gasteiger charge is 1.88. The molecule has 1 rings (SSSR count). The van der Waals surface area contributed by atoms with Gasteiger partial charge in [0, 0.05) is 16.7 Å². The second-order valence-corrected chi connectivity index (χ2v) is 3.98. The maximum atomic E-state index is 10.6. The lowest BCUT2D eigenvalue weighted by Crippen LogP contribution is -2.14. The molecule has 0 saturated heterocycles. The van der Waals surface area contributed by atoms with Gasteiger partial charge in [-0.05, 0) is 12.1 Å². The van der Waals surface area contributed by atoms with E-state index in [0.29, 0.717) is 0 Å². The second-order valence-electron chi connectivity index (χ2n) is 2.89. The molecule has 0 spiro atoms. The molecule has 0 radical (unpaired) electrons. The Hall–Kier alpha value is -1.52. The van der Waals surface area contributed by atoms with Gasteiger partial charge >= 0.3 is 0 Å². The second kappa shape index (κ2) is 7.73. The van der Waals surface area contributed by atoms with Crippen LogP contribution in [0.1, 0.15) is 0 Å². The average Bonchev–Trinajstić information content (AvgIpc) is 2.34. The molecule has 0 aliphatic carbocycles. The van der Waals surface area contributed by atoms with E-state index >= 15 is 0 Å². The predicted octanol–water partition coefficient (Wildman–Crippen LogP) is 2.40. The minimum atomic E-state index is -0.527. The first-order chi connectivity index (χ1) is 7.83. The molecule has 0 unspecified atom stereocenters. The molecule has 1 aromatic carbocycles. The lowest BCUT2D eigenvalue weighted by molar-refractivity contribution is -0.124. The first-order valence-electron chi connectivity index (χ1n) is 4.78. The van der Waals surface area contributed by atoms with Crippen molar-refractivity contribution in [3.05, 3.63) is 54.6 Å². The van der Waals surface area contributed by atoms with Gasteiger partial charge in [0.1, 0.15) is 0 Å². The summed E-state index contributed by atoms with van der Waals surface area (Å²) < 4.78 is 0. The molecule has 0 aromatic heterocycles. The van der Waals surface area contributed by atoms with Crippen molar-refractivity contribution in [3.8, 4) is 0 Å². The monoisotopic (exact) mass is 235 g/mol. The zero-order chi connectivity index (χ0) is 11.6. The molecule has 0 atom stereocenters. The number of thioether (sulfide) groups is 1. The van der Waals surface area contributed by atoms with E-state index in [-0.39, 0.29) is 0 Å².